The Morgan fingerprint density at radius 3 is 3.00 bits per heavy atom. The second kappa shape index (κ2) is 4.77. The number of hydrogen-bond acceptors (Lipinski definition) is 3. The summed E-state index contributed by atoms with van der Waals surface area (Å²) >= 11 is 0. The first-order valence-corrected chi connectivity index (χ1v) is 6.23. The van der Waals surface area contributed by atoms with E-state index in [0.717, 1.165) is 10.9 Å². The van der Waals surface area contributed by atoms with Crippen molar-refractivity contribution in [2.24, 2.45) is 0 Å². The summed E-state index contributed by atoms with van der Waals surface area (Å²) in [6.45, 7) is 2.46. The van der Waals surface area contributed by atoms with Gasteiger partial charge in [-0.1, -0.05) is 11.6 Å². The summed E-state index contributed by atoms with van der Waals surface area (Å²) in [6.07, 6.45) is 4.65. The number of carboxylic acids is 1. The molecule has 100 valence electrons. The second-order valence-corrected chi connectivity index (χ2v) is 4.69. The monoisotopic (exact) mass is 267 g/mol. The zero-order chi connectivity index (χ0) is 14.1. The van der Waals surface area contributed by atoms with Crippen molar-refractivity contribution in [2.75, 3.05) is 0 Å². The lowest BCUT2D eigenvalue weighted by atomic mass is 10.2. The summed E-state index contributed by atoms with van der Waals surface area (Å²) in [7, 11) is 0. The van der Waals surface area contributed by atoms with Gasteiger partial charge >= 0.3 is 5.97 Å². The lowest BCUT2D eigenvalue weighted by Gasteiger charge is -2.07. The summed E-state index contributed by atoms with van der Waals surface area (Å²) in [5, 5.41) is 10.3. The van der Waals surface area contributed by atoms with Crippen LogP contribution < -0.4 is 0 Å². The van der Waals surface area contributed by atoms with Gasteiger partial charge in [-0.2, -0.15) is 0 Å². The van der Waals surface area contributed by atoms with Crippen molar-refractivity contribution in [3.63, 3.8) is 0 Å². The number of benzene rings is 1. The van der Waals surface area contributed by atoms with E-state index in [0.29, 0.717) is 12.2 Å². The van der Waals surface area contributed by atoms with Crippen LogP contribution in [-0.4, -0.2) is 25.6 Å². The van der Waals surface area contributed by atoms with E-state index in [1.54, 1.807) is 0 Å². The van der Waals surface area contributed by atoms with E-state index < -0.39 is 5.97 Å². The fourth-order valence-electron chi connectivity index (χ4n) is 2.28. The van der Waals surface area contributed by atoms with Crippen LogP contribution >= 0.6 is 0 Å². The lowest BCUT2D eigenvalue weighted by Crippen LogP contribution is -2.09. The molecule has 5 nitrogen and oxygen atoms in total. The van der Waals surface area contributed by atoms with Crippen LogP contribution in [0.3, 0.4) is 0 Å². The first-order valence-electron chi connectivity index (χ1n) is 6.23. The van der Waals surface area contributed by atoms with E-state index in [1.165, 1.54) is 18.1 Å². The van der Waals surface area contributed by atoms with Crippen molar-refractivity contribution in [1.82, 2.24) is 14.5 Å². The molecule has 0 saturated carbocycles. The van der Waals surface area contributed by atoms with Crippen LogP contribution in [0.1, 0.15) is 21.6 Å². The smallest absolute Gasteiger partial charge is 0.339 e. The Bertz CT molecular complexity index is 793. The molecule has 2 heterocycles. The van der Waals surface area contributed by atoms with Gasteiger partial charge < -0.3 is 9.67 Å². The Morgan fingerprint density at radius 1 is 1.35 bits per heavy atom. The standard InChI is InChI=1S/C15H13N3O2/c1-10-2-3-14-11(6-10)4-5-18(14)8-13-12(15(19)20)7-16-9-17-13/h2-7,9H,8H2,1H3,(H,19,20). The maximum absolute atomic E-state index is 11.2. The van der Waals surface area contributed by atoms with E-state index in [9.17, 15) is 4.79 Å². The predicted molar refractivity (Wildman–Crippen MR) is 74.8 cm³/mol. The molecule has 0 unspecified atom stereocenters. The van der Waals surface area contributed by atoms with Crippen LogP contribution in [0.5, 0.6) is 0 Å². The average molecular weight is 267 g/mol. The molecule has 0 atom stereocenters. The molecule has 0 bridgehead atoms. The van der Waals surface area contributed by atoms with Gasteiger partial charge in [-0.3, -0.25) is 0 Å². The van der Waals surface area contributed by atoms with Gasteiger partial charge in [0, 0.05) is 17.9 Å². The van der Waals surface area contributed by atoms with Crippen molar-refractivity contribution < 1.29 is 9.90 Å². The van der Waals surface area contributed by atoms with Gasteiger partial charge in [0.05, 0.1) is 12.2 Å². The number of hydrogen-bond donors (Lipinski definition) is 1. The minimum absolute atomic E-state index is 0.140. The Morgan fingerprint density at radius 2 is 2.20 bits per heavy atom. The summed E-state index contributed by atoms with van der Waals surface area (Å²) in [5.74, 6) is -1.01. The highest BCUT2D eigenvalue weighted by molar-refractivity contribution is 5.88. The van der Waals surface area contributed by atoms with E-state index in [4.69, 9.17) is 5.11 Å². The largest absolute Gasteiger partial charge is 0.478 e. The maximum Gasteiger partial charge on any atom is 0.339 e. The van der Waals surface area contributed by atoms with E-state index in [-0.39, 0.29) is 5.56 Å². The van der Waals surface area contributed by atoms with Gasteiger partial charge in [-0.15, -0.1) is 0 Å². The molecule has 0 aliphatic heterocycles. The number of nitrogens with zero attached hydrogens (tertiary/aromatic N) is 3. The van der Waals surface area contributed by atoms with Crippen LogP contribution in [0.25, 0.3) is 10.9 Å². The molecular formula is C15H13N3O2. The predicted octanol–water partition coefficient (Wildman–Crippen LogP) is 2.49. The third kappa shape index (κ3) is 2.14. The Hall–Kier alpha value is -2.69. The molecular weight excluding hydrogens is 254 g/mol. The molecule has 5 heteroatoms. The Labute approximate surface area is 115 Å². The fraction of sp³-hybridized carbons (Fsp3) is 0.133. The molecule has 3 aromatic rings. The number of rotatable bonds is 3. The second-order valence-electron chi connectivity index (χ2n) is 4.69. The highest BCUT2D eigenvalue weighted by atomic mass is 16.4. The summed E-state index contributed by atoms with van der Waals surface area (Å²) in [5.41, 5.74) is 2.90. The molecule has 2 aromatic heterocycles. The number of fused-ring (bicyclic) bond motifs is 1. The summed E-state index contributed by atoms with van der Waals surface area (Å²) < 4.78 is 1.99. The van der Waals surface area contributed by atoms with Crippen LogP contribution in [0.2, 0.25) is 0 Å². The van der Waals surface area contributed by atoms with E-state index in [2.05, 4.69) is 16.0 Å². The maximum atomic E-state index is 11.2. The third-order valence-corrected chi connectivity index (χ3v) is 3.27. The normalized spacial score (nSPS) is 10.8. The number of carboxylic acid groups (broad SMARTS) is 1. The molecule has 20 heavy (non-hydrogen) atoms. The van der Waals surface area contributed by atoms with Crippen molar-refractivity contribution in [1.29, 1.82) is 0 Å². The molecule has 1 aromatic carbocycles. The summed E-state index contributed by atoms with van der Waals surface area (Å²) in [4.78, 5) is 19.0. The molecule has 0 aliphatic carbocycles. The van der Waals surface area contributed by atoms with Crippen LogP contribution in [-0.2, 0) is 6.54 Å². The van der Waals surface area contributed by atoms with Crippen molar-refractivity contribution in [2.45, 2.75) is 13.5 Å². The van der Waals surface area contributed by atoms with Crippen molar-refractivity contribution in [3.8, 4) is 0 Å². The van der Waals surface area contributed by atoms with Crippen LogP contribution in [0, 0.1) is 6.92 Å². The van der Waals surface area contributed by atoms with Gasteiger partial charge in [-0.05, 0) is 30.5 Å². The number of aryl methyl sites for hydroxylation is 1. The number of carbonyl (C=O) groups is 1. The van der Waals surface area contributed by atoms with Gasteiger partial charge in [0.25, 0.3) is 0 Å². The van der Waals surface area contributed by atoms with Crippen molar-refractivity contribution >= 4 is 16.9 Å². The molecule has 0 radical (unpaired) electrons. The SMILES string of the molecule is Cc1ccc2c(ccn2Cc2ncncc2C(=O)O)c1. The Kier molecular flexibility index (Phi) is 2.95. The topological polar surface area (TPSA) is 68.0 Å². The first kappa shape index (κ1) is 12.3. The van der Waals surface area contributed by atoms with Gasteiger partial charge in [0.2, 0.25) is 0 Å². The minimum atomic E-state index is -1.01. The first-order chi connectivity index (χ1) is 9.65. The lowest BCUT2D eigenvalue weighted by molar-refractivity contribution is 0.0694. The molecule has 0 aliphatic rings. The highest BCUT2D eigenvalue weighted by Crippen LogP contribution is 2.19. The fourth-order valence-corrected chi connectivity index (χ4v) is 2.28. The molecule has 0 saturated heterocycles. The van der Waals surface area contributed by atoms with Gasteiger partial charge in [0.15, 0.2) is 0 Å². The molecule has 1 N–H and O–H groups in total. The molecule has 0 fully saturated rings. The number of aromatic nitrogens is 3. The Balaban J connectivity index is 2.04. The van der Waals surface area contributed by atoms with Crippen LogP contribution in [0.15, 0.2) is 43.0 Å². The zero-order valence-corrected chi connectivity index (χ0v) is 10.9. The van der Waals surface area contributed by atoms with Gasteiger partial charge in [-0.25, -0.2) is 14.8 Å². The minimum Gasteiger partial charge on any atom is -0.478 e. The quantitative estimate of drug-likeness (QED) is 0.791. The molecule has 0 amide bonds. The summed E-state index contributed by atoms with van der Waals surface area (Å²) in [6, 6.07) is 8.19. The van der Waals surface area contributed by atoms with E-state index in [1.807, 2.05) is 35.9 Å². The van der Waals surface area contributed by atoms with Crippen molar-refractivity contribution in [3.05, 3.63) is 59.8 Å². The molecule has 3 rings (SSSR count). The third-order valence-electron chi connectivity index (χ3n) is 3.27. The molecule has 0 spiro atoms. The van der Waals surface area contributed by atoms with E-state index >= 15 is 0 Å². The zero-order valence-electron chi connectivity index (χ0n) is 10.9. The average Bonchev–Trinajstić information content (AvgIpc) is 2.81. The van der Waals surface area contributed by atoms with Gasteiger partial charge in [0.1, 0.15) is 11.9 Å². The highest BCUT2D eigenvalue weighted by Gasteiger charge is 2.12. The number of aromatic carboxylic acids is 1. The van der Waals surface area contributed by atoms with Crippen LogP contribution in [0.4, 0.5) is 0 Å².